The number of aliphatic hydroxyl groups excluding tert-OH is 2. The van der Waals surface area contributed by atoms with Gasteiger partial charge in [0, 0.05) is 12.1 Å². The Kier molecular flexibility index (Phi) is 4.42. The summed E-state index contributed by atoms with van der Waals surface area (Å²) in [6.45, 7) is -0.299. The van der Waals surface area contributed by atoms with Crippen LogP contribution in [0.1, 0.15) is 10.4 Å². The van der Waals surface area contributed by atoms with Gasteiger partial charge in [-0.2, -0.15) is 0 Å². The quantitative estimate of drug-likeness (QED) is 0.765. The van der Waals surface area contributed by atoms with E-state index >= 15 is 0 Å². The Bertz CT molecular complexity index is 572. The molecule has 1 amide bonds. The summed E-state index contributed by atoms with van der Waals surface area (Å²) in [5, 5.41) is 18.9. The zero-order valence-electron chi connectivity index (χ0n) is 10.8. The van der Waals surface area contributed by atoms with Crippen molar-refractivity contribution >= 4 is 15.7 Å². The molecule has 20 heavy (non-hydrogen) atoms. The van der Waals surface area contributed by atoms with Crippen LogP contribution in [0, 0.1) is 0 Å². The summed E-state index contributed by atoms with van der Waals surface area (Å²) < 4.78 is 23.1. The van der Waals surface area contributed by atoms with Crippen molar-refractivity contribution < 1.29 is 23.4 Å². The van der Waals surface area contributed by atoms with Gasteiger partial charge in [-0.05, 0) is 12.1 Å². The minimum Gasteiger partial charge on any atom is -0.395 e. The molecule has 1 aliphatic rings. The van der Waals surface area contributed by atoms with Crippen molar-refractivity contribution in [2.24, 2.45) is 0 Å². The number of amides is 1. The summed E-state index contributed by atoms with van der Waals surface area (Å²) in [6, 6.07) is 7.59. The van der Waals surface area contributed by atoms with Gasteiger partial charge in [0.25, 0.3) is 5.91 Å². The first-order chi connectivity index (χ1) is 9.44. The van der Waals surface area contributed by atoms with Gasteiger partial charge >= 0.3 is 0 Å². The van der Waals surface area contributed by atoms with Crippen LogP contribution in [0.5, 0.6) is 0 Å². The number of rotatable bonds is 4. The second kappa shape index (κ2) is 5.90. The van der Waals surface area contributed by atoms with Crippen LogP contribution in [0.3, 0.4) is 0 Å². The molecule has 1 aliphatic heterocycles. The monoisotopic (exact) mass is 299 g/mol. The smallest absolute Gasteiger partial charge is 0.254 e. The molecule has 0 aliphatic carbocycles. The summed E-state index contributed by atoms with van der Waals surface area (Å²) in [5.41, 5.74) is 0.400. The molecule has 2 rings (SSSR count). The van der Waals surface area contributed by atoms with Gasteiger partial charge in [-0.15, -0.1) is 0 Å². The molecule has 0 unspecified atom stereocenters. The lowest BCUT2D eigenvalue weighted by atomic mass is 10.1. The number of nitrogens with zero attached hydrogens (tertiary/aromatic N) is 1. The Hall–Kier alpha value is -1.44. The molecule has 2 atom stereocenters. The van der Waals surface area contributed by atoms with E-state index in [1.807, 2.05) is 0 Å². The highest BCUT2D eigenvalue weighted by Crippen LogP contribution is 2.20. The molecule has 0 saturated carbocycles. The number of aliphatic hydroxyl groups is 2. The fourth-order valence-corrected chi connectivity index (χ4v) is 4.18. The minimum atomic E-state index is -3.35. The molecule has 7 heteroatoms. The molecule has 1 heterocycles. The van der Waals surface area contributed by atoms with Gasteiger partial charge in [-0.3, -0.25) is 4.79 Å². The summed E-state index contributed by atoms with van der Waals surface area (Å²) in [5.74, 6) is -1.00. The molecule has 1 saturated heterocycles. The Morgan fingerprint density at radius 3 is 2.40 bits per heavy atom. The molecule has 1 aromatic rings. The maximum absolute atomic E-state index is 12.4. The van der Waals surface area contributed by atoms with Gasteiger partial charge in [-0.1, -0.05) is 18.2 Å². The van der Waals surface area contributed by atoms with Gasteiger partial charge in [0.15, 0.2) is 9.84 Å². The van der Waals surface area contributed by atoms with Crippen molar-refractivity contribution in [2.45, 2.75) is 12.1 Å². The third-order valence-corrected chi connectivity index (χ3v) is 5.02. The fraction of sp³-hybridized carbons (Fsp3) is 0.462. The molecule has 110 valence electrons. The normalized spacial score (nSPS) is 24.5. The highest BCUT2D eigenvalue weighted by Gasteiger charge is 2.41. The van der Waals surface area contributed by atoms with Crippen molar-refractivity contribution in [1.82, 2.24) is 4.90 Å². The Labute approximate surface area is 117 Å². The number of hydrogen-bond donors (Lipinski definition) is 2. The van der Waals surface area contributed by atoms with Gasteiger partial charge < -0.3 is 15.1 Å². The molecule has 6 nitrogen and oxygen atoms in total. The van der Waals surface area contributed by atoms with Gasteiger partial charge in [0.2, 0.25) is 0 Å². The second-order valence-electron chi connectivity index (χ2n) is 4.80. The highest BCUT2D eigenvalue weighted by molar-refractivity contribution is 7.91. The van der Waals surface area contributed by atoms with Crippen LogP contribution in [0.25, 0.3) is 0 Å². The van der Waals surface area contributed by atoms with Crippen LogP contribution in [0.4, 0.5) is 0 Å². The third-order valence-electron chi connectivity index (χ3n) is 3.32. The van der Waals surface area contributed by atoms with Gasteiger partial charge in [0.05, 0.1) is 30.3 Å². The number of carbonyl (C=O) groups excluding carboxylic acids is 1. The maximum atomic E-state index is 12.4. The van der Waals surface area contributed by atoms with Crippen LogP contribution >= 0.6 is 0 Å². The Morgan fingerprint density at radius 1 is 1.25 bits per heavy atom. The lowest BCUT2D eigenvalue weighted by molar-refractivity contribution is 0.0451. The van der Waals surface area contributed by atoms with Crippen molar-refractivity contribution in [1.29, 1.82) is 0 Å². The van der Waals surface area contributed by atoms with Crippen LogP contribution in [-0.2, 0) is 9.84 Å². The summed E-state index contributed by atoms with van der Waals surface area (Å²) in [7, 11) is -3.35. The molecular formula is C13H17NO5S. The first kappa shape index (κ1) is 15.0. The van der Waals surface area contributed by atoms with Gasteiger partial charge in [-0.25, -0.2) is 8.42 Å². The first-order valence-electron chi connectivity index (χ1n) is 6.30. The summed E-state index contributed by atoms with van der Waals surface area (Å²) in [4.78, 5) is 13.6. The minimum absolute atomic E-state index is 0.00895. The third kappa shape index (κ3) is 3.17. The number of benzene rings is 1. The molecule has 0 aromatic heterocycles. The van der Waals surface area contributed by atoms with E-state index in [-0.39, 0.29) is 30.6 Å². The molecule has 0 spiro atoms. The van der Waals surface area contributed by atoms with Gasteiger partial charge in [0.1, 0.15) is 0 Å². The van der Waals surface area contributed by atoms with Crippen molar-refractivity contribution in [3.63, 3.8) is 0 Å². The van der Waals surface area contributed by atoms with Crippen LogP contribution < -0.4 is 0 Å². The molecule has 1 fully saturated rings. The average molecular weight is 299 g/mol. The molecular weight excluding hydrogens is 282 g/mol. The molecule has 0 bridgehead atoms. The van der Waals surface area contributed by atoms with Crippen LogP contribution in [0.2, 0.25) is 0 Å². The lowest BCUT2D eigenvalue weighted by Gasteiger charge is -2.29. The summed E-state index contributed by atoms with van der Waals surface area (Å²) >= 11 is 0. The Morgan fingerprint density at radius 2 is 1.90 bits per heavy atom. The zero-order chi connectivity index (χ0) is 14.8. The molecule has 2 N–H and O–H groups in total. The SMILES string of the molecule is O=C(c1ccccc1)N(CCO)[C@H]1CS(=O)(=O)C[C@H]1O. The first-order valence-corrected chi connectivity index (χ1v) is 8.12. The van der Waals surface area contributed by atoms with E-state index in [0.29, 0.717) is 5.56 Å². The highest BCUT2D eigenvalue weighted by atomic mass is 32.2. The largest absolute Gasteiger partial charge is 0.395 e. The van der Waals surface area contributed by atoms with Crippen LogP contribution in [-0.4, -0.2) is 66.2 Å². The van der Waals surface area contributed by atoms with Crippen LogP contribution in [0.15, 0.2) is 30.3 Å². The van der Waals surface area contributed by atoms with Crippen molar-refractivity contribution in [3.8, 4) is 0 Å². The zero-order valence-corrected chi connectivity index (χ0v) is 11.7. The van der Waals surface area contributed by atoms with Crippen molar-refractivity contribution in [2.75, 3.05) is 24.7 Å². The fourth-order valence-electron chi connectivity index (χ4n) is 2.38. The van der Waals surface area contributed by atoms with E-state index in [0.717, 1.165) is 0 Å². The van der Waals surface area contributed by atoms with Crippen molar-refractivity contribution in [3.05, 3.63) is 35.9 Å². The van der Waals surface area contributed by atoms with E-state index in [9.17, 15) is 18.3 Å². The topological polar surface area (TPSA) is 94.9 Å². The number of hydrogen-bond acceptors (Lipinski definition) is 5. The Balaban J connectivity index is 2.26. The van der Waals surface area contributed by atoms with E-state index in [2.05, 4.69) is 0 Å². The van der Waals surface area contributed by atoms with E-state index in [1.165, 1.54) is 4.90 Å². The van der Waals surface area contributed by atoms with E-state index in [4.69, 9.17) is 5.11 Å². The average Bonchev–Trinajstić information content (AvgIpc) is 2.69. The predicted molar refractivity (Wildman–Crippen MR) is 73.0 cm³/mol. The number of sulfone groups is 1. The standard InChI is InChI=1S/C13H17NO5S/c15-7-6-14(11-8-20(18,19)9-12(11)16)13(17)10-4-2-1-3-5-10/h1-5,11-12,15-16H,6-9H2/t11-,12+/m0/s1. The molecule has 0 radical (unpaired) electrons. The summed E-state index contributed by atoms with van der Waals surface area (Å²) in [6.07, 6.45) is -1.11. The second-order valence-corrected chi connectivity index (χ2v) is 6.95. The van der Waals surface area contributed by atoms with E-state index in [1.54, 1.807) is 30.3 Å². The maximum Gasteiger partial charge on any atom is 0.254 e. The lowest BCUT2D eigenvalue weighted by Crippen LogP contribution is -2.48. The predicted octanol–water partition coefficient (Wildman–Crippen LogP) is -0.721. The van der Waals surface area contributed by atoms with E-state index < -0.39 is 22.0 Å². The number of carbonyl (C=O) groups is 1. The molecule has 1 aromatic carbocycles.